The molecule has 2 aliphatic heterocycles. The molecule has 0 spiro atoms. The number of carbonyl (C=O) groups is 1. The van der Waals surface area contributed by atoms with E-state index in [1.54, 1.807) is 0 Å². The molecule has 2 saturated heterocycles. The lowest BCUT2D eigenvalue weighted by Gasteiger charge is -2.38. The van der Waals surface area contributed by atoms with Gasteiger partial charge >= 0.3 is 6.03 Å². The van der Waals surface area contributed by atoms with E-state index in [0.29, 0.717) is 10.0 Å². The second-order valence-electron chi connectivity index (χ2n) is 7.99. The molecule has 0 bridgehead atoms. The molecule has 8 heteroatoms. The average molecular weight is 442 g/mol. The molecule has 0 aromatic heterocycles. The number of nitrogens with zero attached hydrogens (tertiary/aromatic N) is 3. The Morgan fingerprint density at radius 3 is 2.52 bits per heavy atom. The van der Waals surface area contributed by atoms with Gasteiger partial charge in [-0.1, -0.05) is 36.2 Å². The summed E-state index contributed by atoms with van der Waals surface area (Å²) in [5.74, 6) is 0.743. The van der Waals surface area contributed by atoms with Crippen molar-refractivity contribution in [2.75, 3.05) is 57.3 Å². The number of urea groups is 1. The van der Waals surface area contributed by atoms with Crippen LogP contribution < -0.4 is 15.6 Å². The topological polar surface area (TPSA) is 50.9 Å². The predicted octanol–water partition coefficient (Wildman–Crippen LogP) is 3.84. The predicted molar refractivity (Wildman–Crippen MR) is 121 cm³/mol. The third-order valence-corrected chi connectivity index (χ3v) is 6.72. The van der Waals surface area contributed by atoms with Gasteiger partial charge in [-0.3, -0.25) is 10.3 Å². The van der Waals surface area contributed by atoms with Gasteiger partial charge in [-0.05, 0) is 50.3 Å². The lowest BCUT2D eigenvalue weighted by molar-refractivity contribution is 0.121. The first-order valence-electron chi connectivity index (χ1n) is 10.8. The smallest absolute Gasteiger partial charge is 0.329 e. The largest absolute Gasteiger partial charge is 0.368 e. The van der Waals surface area contributed by atoms with Crippen molar-refractivity contribution >= 4 is 34.9 Å². The summed E-state index contributed by atoms with van der Waals surface area (Å²) in [4.78, 5) is 16.6. The zero-order valence-electron chi connectivity index (χ0n) is 17.3. The van der Waals surface area contributed by atoms with Crippen LogP contribution in [0, 0.1) is 5.92 Å². The fourth-order valence-electron chi connectivity index (χ4n) is 4.07. The van der Waals surface area contributed by atoms with Gasteiger partial charge in [-0.2, -0.15) is 0 Å². The maximum atomic E-state index is 11.8. The Bertz CT molecular complexity index is 658. The molecule has 6 nitrogen and oxygen atoms in total. The van der Waals surface area contributed by atoms with E-state index in [1.807, 2.05) is 18.2 Å². The summed E-state index contributed by atoms with van der Waals surface area (Å²) in [7, 11) is 0. The van der Waals surface area contributed by atoms with Crippen LogP contribution in [0.3, 0.4) is 0 Å². The van der Waals surface area contributed by atoms with E-state index >= 15 is 0 Å². The fourth-order valence-corrected chi connectivity index (χ4v) is 4.48. The molecule has 0 saturated carbocycles. The highest BCUT2D eigenvalue weighted by atomic mass is 35.5. The Labute approximate surface area is 184 Å². The minimum Gasteiger partial charge on any atom is -0.368 e. The Balaban J connectivity index is 1.33. The summed E-state index contributed by atoms with van der Waals surface area (Å²) in [6, 6.07) is 5.77. The van der Waals surface area contributed by atoms with Gasteiger partial charge in [0.25, 0.3) is 0 Å². The number of nitrogens with one attached hydrogen (secondary N) is 2. The van der Waals surface area contributed by atoms with Gasteiger partial charge < -0.3 is 10.2 Å². The number of anilines is 1. The van der Waals surface area contributed by atoms with Crippen LogP contribution in [-0.2, 0) is 0 Å². The highest BCUT2D eigenvalue weighted by Crippen LogP contribution is 2.33. The molecule has 0 radical (unpaired) electrons. The van der Waals surface area contributed by atoms with Gasteiger partial charge in [0.1, 0.15) is 0 Å². The lowest BCUT2D eigenvalue weighted by atomic mass is 9.94. The van der Waals surface area contributed by atoms with Crippen molar-refractivity contribution in [2.45, 2.75) is 32.6 Å². The van der Waals surface area contributed by atoms with Crippen molar-refractivity contribution < 1.29 is 4.79 Å². The van der Waals surface area contributed by atoms with Crippen molar-refractivity contribution in [1.82, 2.24) is 20.7 Å². The molecule has 29 heavy (non-hydrogen) atoms. The summed E-state index contributed by atoms with van der Waals surface area (Å²) in [6.45, 7) is 9.87. The maximum absolute atomic E-state index is 11.8. The Kier molecular flexibility index (Phi) is 8.72. The molecule has 2 heterocycles. The number of hydrogen-bond acceptors (Lipinski definition) is 4. The number of amides is 2. The van der Waals surface area contributed by atoms with E-state index < -0.39 is 0 Å². The van der Waals surface area contributed by atoms with Crippen LogP contribution in [-0.4, -0.2) is 68.3 Å². The number of piperazine rings is 1. The second kappa shape index (κ2) is 11.3. The first kappa shape index (κ1) is 22.5. The van der Waals surface area contributed by atoms with Gasteiger partial charge in [-0.25, -0.2) is 9.80 Å². The van der Waals surface area contributed by atoms with Crippen LogP contribution in [0.4, 0.5) is 10.5 Å². The number of hydrazine groups is 1. The zero-order valence-corrected chi connectivity index (χ0v) is 18.8. The van der Waals surface area contributed by atoms with Crippen molar-refractivity contribution in [3.05, 3.63) is 28.2 Å². The third kappa shape index (κ3) is 6.64. The normalized spacial score (nSPS) is 19.3. The van der Waals surface area contributed by atoms with Crippen molar-refractivity contribution in [3.63, 3.8) is 0 Å². The van der Waals surface area contributed by atoms with E-state index in [1.165, 1.54) is 6.42 Å². The summed E-state index contributed by atoms with van der Waals surface area (Å²) < 4.78 is 0. The Hall–Kier alpha value is -1.21. The molecular formula is C21H33Cl2N5O. The van der Waals surface area contributed by atoms with Crippen LogP contribution >= 0.6 is 23.2 Å². The van der Waals surface area contributed by atoms with Gasteiger partial charge in [0.05, 0.1) is 15.7 Å². The molecule has 2 N–H and O–H groups in total. The molecule has 2 aliphatic rings. The van der Waals surface area contributed by atoms with Gasteiger partial charge in [0.2, 0.25) is 0 Å². The maximum Gasteiger partial charge on any atom is 0.329 e. The molecule has 0 atom stereocenters. The quantitative estimate of drug-likeness (QED) is 0.674. The minimum absolute atomic E-state index is 0.0806. The van der Waals surface area contributed by atoms with E-state index in [4.69, 9.17) is 23.2 Å². The number of carbonyl (C=O) groups excluding carboxylic acids is 1. The number of halogens is 2. The van der Waals surface area contributed by atoms with Crippen molar-refractivity contribution in [1.29, 1.82) is 0 Å². The van der Waals surface area contributed by atoms with Crippen molar-refractivity contribution in [2.24, 2.45) is 5.92 Å². The summed E-state index contributed by atoms with van der Waals surface area (Å²) >= 11 is 12.5. The first-order chi connectivity index (χ1) is 14.1. The van der Waals surface area contributed by atoms with Crippen LogP contribution in [0.25, 0.3) is 0 Å². The first-order valence-corrected chi connectivity index (χ1v) is 11.5. The third-order valence-electron chi connectivity index (χ3n) is 5.91. The molecule has 0 unspecified atom stereocenters. The molecule has 1 aromatic carbocycles. The standard InChI is InChI=1S/C21H33Cl2N5O/c1-2-9-24-21(29)25-28-11-7-17(8-12-28)6-10-26-13-15-27(16-14-26)19-5-3-4-18(22)20(19)23/h3-5,17H,2,6-16H2,1H3,(H2,24,25,29). The SMILES string of the molecule is CCCNC(=O)NN1CCC(CCN2CCN(c3cccc(Cl)c3Cl)CC2)CC1. The summed E-state index contributed by atoms with van der Waals surface area (Å²) in [5, 5.41) is 6.19. The van der Waals surface area contributed by atoms with Crippen LogP contribution in [0.2, 0.25) is 10.0 Å². The van der Waals surface area contributed by atoms with Crippen LogP contribution in [0.15, 0.2) is 18.2 Å². The lowest BCUT2D eigenvalue weighted by Crippen LogP contribution is -2.51. The number of rotatable bonds is 7. The van der Waals surface area contributed by atoms with Crippen LogP contribution in [0.5, 0.6) is 0 Å². The van der Waals surface area contributed by atoms with Crippen LogP contribution in [0.1, 0.15) is 32.6 Å². The molecule has 162 valence electrons. The monoisotopic (exact) mass is 441 g/mol. The number of piperidine rings is 1. The van der Waals surface area contributed by atoms with Gasteiger partial charge in [-0.15, -0.1) is 0 Å². The average Bonchev–Trinajstić information content (AvgIpc) is 2.74. The Morgan fingerprint density at radius 2 is 1.83 bits per heavy atom. The zero-order chi connectivity index (χ0) is 20.6. The van der Waals surface area contributed by atoms with Crippen molar-refractivity contribution in [3.8, 4) is 0 Å². The molecule has 3 rings (SSSR count). The van der Waals surface area contributed by atoms with Gasteiger partial charge in [0.15, 0.2) is 0 Å². The van der Waals surface area contributed by atoms with E-state index in [0.717, 1.165) is 83.2 Å². The molecule has 2 fully saturated rings. The second-order valence-corrected chi connectivity index (χ2v) is 8.77. The minimum atomic E-state index is -0.0806. The molecular weight excluding hydrogens is 409 g/mol. The summed E-state index contributed by atoms with van der Waals surface area (Å²) in [5.41, 5.74) is 4.00. The molecule has 0 aliphatic carbocycles. The van der Waals surface area contributed by atoms with E-state index in [-0.39, 0.29) is 6.03 Å². The fraction of sp³-hybridized carbons (Fsp3) is 0.667. The Morgan fingerprint density at radius 1 is 1.10 bits per heavy atom. The van der Waals surface area contributed by atoms with E-state index in [9.17, 15) is 4.79 Å². The molecule has 1 aromatic rings. The highest BCUT2D eigenvalue weighted by Gasteiger charge is 2.23. The number of benzene rings is 1. The number of hydrogen-bond donors (Lipinski definition) is 2. The highest BCUT2D eigenvalue weighted by molar-refractivity contribution is 6.43. The van der Waals surface area contributed by atoms with Gasteiger partial charge in [0, 0.05) is 45.8 Å². The van der Waals surface area contributed by atoms with E-state index in [2.05, 4.69) is 32.5 Å². The molecule has 2 amide bonds. The summed E-state index contributed by atoms with van der Waals surface area (Å²) in [6.07, 6.45) is 4.47.